The lowest BCUT2D eigenvalue weighted by molar-refractivity contribution is -0.0495. The van der Waals surface area contributed by atoms with E-state index >= 15 is 0 Å². The number of nitrogens with zero attached hydrogens (tertiary/aromatic N) is 1. The van der Waals surface area contributed by atoms with Crippen molar-refractivity contribution < 1.29 is 21.6 Å². The first-order valence-corrected chi connectivity index (χ1v) is 9.02. The van der Waals surface area contributed by atoms with E-state index in [1.165, 1.54) is 12.8 Å². The normalized spacial score (nSPS) is 24.2. The number of hydrogen-bond acceptors (Lipinski definition) is 3. The molecule has 0 aromatic heterocycles. The lowest BCUT2D eigenvalue weighted by atomic mass is 10.0. The molecule has 2 fully saturated rings. The van der Waals surface area contributed by atoms with E-state index in [9.17, 15) is 21.6 Å². The molecule has 2 aliphatic rings. The maximum absolute atomic E-state index is 12.5. The van der Waals surface area contributed by atoms with Gasteiger partial charge < -0.3 is 5.32 Å². The summed E-state index contributed by atoms with van der Waals surface area (Å²) < 4.78 is 60.7. The van der Waals surface area contributed by atoms with Crippen LogP contribution in [-0.2, 0) is 10.0 Å². The molecule has 1 heterocycles. The van der Waals surface area contributed by atoms with Crippen LogP contribution in [0.2, 0.25) is 0 Å². The van der Waals surface area contributed by atoms with Gasteiger partial charge in [-0.25, -0.2) is 8.42 Å². The molecule has 1 N–H and O–H groups in total. The molecule has 0 aromatic rings. The van der Waals surface area contributed by atoms with E-state index in [4.69, 9.17) is 0 Å². The minimum atomic E-state index is -5.19. The van der Waals surface area contributed by atoms with Gasteiger partial charge in [0.05, 0.1) is 0 Å². The van der Waals surface area contributed by atoms with Crippen molar-refractivity contribution in [2.75, 3.05) is 13.1 Å². The second-order valence-corrected chi connectivity index (χ2v) is 7.95. The van der Waals surface area contributed by atoms with Crippen molar-refractivity contribution in [2.45, 2.75) is 63.0 Å². The van der Waals surface area contributed by atoms with Crippen LogP contribution in [0, 0.1) is 5.92 Å². The topological polar surface area (TPSA) is 49.4 Å². The molecule has 1 saturated heterocycles. The first-order chi connectivity index (χ1) is 9.75. The SMILES string of the molecule is CCCC(NC1CCN(S(=O)(=O)C(F)(F)F)CC1)C1CC1. The number of rotatable bonds is 6. The number of nitrogens with one attached hydrogen (secondary N) is 1. The number of halogens is 3. The van der Waals surface area contributed by atoms with E-state index in [0.29, 0.717) is 29.1 Å². The fraction of sp³-hybridized carbons (Fsp3) is 1.00. The Labute approximate surface area is 124 Å². The Morgan fingerprint density at radius 3 is 2.19 bits per heavy atom. The highest BCUT2D eigenvalue weighted by Gasteiger charge is 2.50. The third kappa shape index (κ3) is 4.10. The summed E-state index contributed by atoms with van der Waals surface area (Å²) in [5.74, 6) is 0.696. The summed E-state index contributed by atoms with van der Waals surface area (Å²) >= 11 is 0. The molecule has 8 heteroatoms. The molecule has 0 aromatic carbocycles. The lowest BCUT2D eigenvalue weighted by Crippen LogP contribution is -2.50. The molecular weight excluding hydrogens is 305 g/mol. The fourth-order valence-electron chi connectivity index (χ4n) is 2.98. The second-order valence-electron chi connectivity index (χ2n) is 6.02. The van der Waals surface area contributed by atoms with E-state index in [-0.39, 0.29) is 19.1 Å². The highest BCUT2D eigenvalue weighted by molar-refractivity contribution is 7.90. The fourth-order valence-corrected chi connectivity index (χ4v) is 3.96. The van der Waals surface area contributed by atoms with E-state index in [1.807, 2.05) is 0 Å². The van der Waals surface area contributed by atoms with Crippen LogP contribution < -0.4 is 5.32 Å². The van der Waals surface area contributed by atoms with Crippen molar-refractivity contribution in [1.82, 2.24) is 9.62 Å². The van der Waals surface area contributed by atoms with Crippen LogP contribution >= 0.6 is 0 Å². The zero-order valence-corrected chi connectivity index (χ0v) is 13.0. The molecule has 1 saturated carbocycles. The number of sulfonamides is 1. The van der Waals surface area contributed by atoms with Crippen LogP contribution in [0.15, 0.2) is 0 Å². The standard InChI is InChI=1S/C13H23F3N2O2S/c1-2-3-12(10-4-5-10)17-11-6-8-18(9-7-11)21(19,20)13(14,15)16/h10-12,17H,2-9H2,1H3. The van der Waals surface area contributed by atoms with Gasteiger partial charge >= 0.3 is 15.5 Å². The van der Waals surface area contributed by atoms with Gasteiger partial charge in [0.25, 0.3) is 0 Å². The second kappa shape index (κ2) is 6.42. The quantitative estimate of drug-likeness (QED) is 0.815. The molecule has 1 atom stereocenters. The Hall–Kier alpha value is -0.340. The predicted octanol–water partition coefficient (Wildman–Crippen LogP) is 2.47. The zero-order valence-electron chi connectivity index (χ0n) is 12.2. The summed E-state index contributed by atoms with van der Waals surface area (Å²) in [6.07, 6.45) is 5.49. The number of alkyl halides is 3. The molecule has 0 spiro atoms. The average molecular weight is 328 g/mol. The first-order valence-electron chi connectivity index (χ1n) is 7.58. The average Bonchev–Trinajstić information content (AvgIpc) is 3.22. The molecule has 1 unspecified atom stereocenters. The van der Waals surface area contributed by atoms with Crippen molar-refractivity contribution in [3.05, 3.63) is 0 Å². The summed E-state index contributed by atoms with van der Waals surface area (Å²) in [4.78, 5) is 0. The predicted molar refractivity (Wildman–Crippen MR) is 74.1 cm³/mol. The van der Waals surface area contributed by atoms with E-state index in [1.54, 1.807) is 0 Å². The maximum Gasteiger partial charge on any atom is 0.511 e. The van der Waals surface area contributed by atoms with Gasteiger partial charge in [-0.2, -0.15) is 17.5 Å². The van der Waals surface area contributed by atoms with Gasteiger partial charge in [-0.1, -0.05) is 13.3 Å². The highest BCUT2D eigenvalue weighted by Crippen LogP contribution is 2.35. The molecule has 0 amide bonds. The van der Waals surface area contributed by atoms with Gasteiger partial charge in [-0.05, 0) is 38.0 Å². The Morgan fingerprint density at radius 1 is 1.19 bits per heavy atom. The minimum absolute atomic E-state index is 0.0526. The van der Waals surface area contributed by atoms with Crippen LogP contribution in [-0.4, -0.2) is 43.4 Å². The summed E-state index contributed by atoms with van der Waals surface area (Å²) in [7, 11) is -5.16. The molecule has 0 bridgehead atoms. The molecule has 1 aliphatic heterocycles. The molecule has 2 rings (SSSR count). The summed E-state index contributed by atoms with van der Waals surface area (Å²) in [6, 6.07) is 0.563. The van der Waals surface area contributed by atoms with Crippen LogP contribution in [0.4, 0.5) is 13.2 Å². The zero-order chi connectivity index (χ0) is 15.7. The summed E-state index contributed by atoms with van der Waals surface area (Å²) in [5.41, 5.74) is -5.19. The van der Waals surface area contributed by atoms with Crippen molar-refractivity contribution in [2.24, 2.45) is 5.92 Å². The van der Waals surface area contributed by atoms with E-state index in [0.717, 1.165) is 12.8 Å². The Kier molecular flexibility index (Phi) is 5.20. The van der Waals surface area contributed by atoms with E-state index in [2.05, 4.69) is 12.2 Å². The first kappa shape index (κ1) is 17.0. The van der Waals surface area contributed by atoms with Crippen LogP contribution in [0.25, 0.3) is 0 Å². The van der Waals surface area contributed by atoms with Gasteiger partial charge in [0, 0.05) is 25.2 Å². The van der Waals surface area contributed by atoms with Crippen molar-refractivity contribution in [3.8, 4) is 0 Å². The number of piperidine rings is 1. The van der Waals surface area contributed by atoms with Crippen LogP contribution in [0.5, 0.6) is 0 Å². The molecule has 4 nitrogen and oxygen atoms in total. The monoisotopic (exact) mass is 328 g/mol. The van der Waals surface area contributed by atoms with Gasteiger partial charge in [0.1, 0.15) is 0 Å². The van der Waals surface area contributed by atoms with Gasteiger partial charge in [-0.15, -0.1) is 0 Å². The molecule has 124 valence electrons. The molecule has 0 radical (unpaired) electrons. The molecule has 21 heavy (non-hydrogen) atoms. The minimum Gasteiger partial charge on any atom is -0.311 e. The van der Waals surface area contributed by atoms with Gasteiger partial charge in [0.15, 0.2) is 0 Å². The van der Waals surface area contributed by atoms with Crippen molar-refractivity contribution in [3.63, 3.8) is 0 Å². The van der Waals surface area contributed by atoms with Crippen LogP contribution in [0.3, 0.4) is 0 Å². The molecule has 1 aliphatic carbocycles. The van der Waals surface area contributed by atoms with E-state index < -0.39 is 15.5 Å². The third-order valence-electron chi connectivity index (χ3n) is 4.33. The lowest BCUT2D eigenvalue weighted by Gasteiger charge is -2.34. The largest absolute Gasteiger partial charge is 0.511 e. The van der Waals surface area contributed by atoms with Gasteiger partial charge in [0.2, 0.25) is 0 Å². The van der Waals surface area contributed by atoms with Crippen molar-refractivity contribution >= 4 is 10.0 Å². The summed E-state index contributed by atoms with van der Waals surface area (Å²) in [5, 5.41) is 3.53. The number of hydrogen-bond donors (Lipinski definition) is 1. The Balaban J connectivity index is 1.85. The summed E-state index contributed by atoms with van der Waals surface area (Å²) in [6.45, 7) is 2.02. The van der Waals surface area contributed by atoms with Gasteiger partial charge in [-0.3, -0.25) is 0 Å². The maximum atomic E-state index is 12.5. The Bertz CT molecular complexity index is 441. The van der Waals surface area contributed by atoms with Crippen molar-refractivity contribution in [1.29, 1.82) is 0 Å². The highest BCUT2D eigenvalue weighted by atomic mass is 32.2. The smallest absolute Gasteiger partial charge is 0.311 e. The van der Waals surface area contributed by atoms with Crippen LogP contribution in [0.1, 0.15) is 45.4 Å². The Morgan fingerprint density at radius 2 is 1.76 bits per heavy atom. The molecular formula is C13H23F3N2O2S. The third-order valence-corrected chi connectivity index (χ3v) is 5.96.